The fourth-order valence-electron chi connectivity index (χ4n) is 11.5. The second-order valence-corrected chi connectivity index (χ2v) is 22.3. The molecule has 0 spiro atoms. The van der Waals surface area contributed by atoms with Crippen LogP contribution in [0.5, 0.6) is 0 Å². The number of fused-ring (bicyclic) bond motifs is 6. The number of hydrogen-bond acceptors (Lipinski definition) is 1. The molecule has 75 heavy (non-hydrogen) atoms. The molecule has 2 heterocycles. The van der Waals surface area contributed by atoms with E-state index < -0.39 is 10.0 Å². The lowest BCUT2D eigenvalue weighted by atomic mass is 9.95. The van der Waals surface area contributed by atoms with Gasteiger partial charge in [-0.15, -0.1) is 10.0 Å². The maximum Gasteiger partial charge on any atom is 0.136 e. The first-order valence-corrected chi connectivity index (χ1v) is 27.3. The minimum atomic E-state index is -2.29. The van der Waals surface area contributed by atoms with Crippen molar-refractivity contribution in [3.63, 3.8) is 0 Å². The highest BCUT2D eigenvalue weighted by molar-refractivity contribution is 8.34. The largest absolute Gasteiger partial charge is 0.456 e. The van der Waals surface area contributed by atoms with Gasteiger partial charge in [0.25, 0.3) is 0 Å². The maximum atomic E-state index is 6.41. The van der Waals surface area contributed by atoms with Gasteiger partial charge in [0, 0.05) is 52.3 Å². The number of rotatable bonds is 10. The molecule has 0 saturated carbocycles. The van der Waals surface area contributed by atoms with Crippen molar-refractivity contribution in [2.45, 2.75) is 19.6 Å². The van der Waals surface area contributed by atoms with Gasteiger partial charge < -0.3 is 8.98 Å². The summed E-state index contributed by atoms with van der Waals surface area (Å²) in [6.07, 6.45) is 0. The Morgan fingerprint density at radius 3 is 1.28 bits per heavy atom. The minimum Gasteiger partial charge on any atom is -0.456 e. The monoisotopic (exact) mass is 975 g/mol. The lowest BCUT2D eigenvalue weighted by molar-refractivity contribution is 0.669. The second-order valence-electron chi connectivity index (χ2n) is 19.2. The smallest absolute Gasteiger partial charge is 0.136 e. The van der Waals surface area contributed by atoms with Gasteiger partial charge in [0.05, 0.1) is 16.7 Å². The summed E-state index contributed by atoms with van der Waals surface area (Å²) in [5.41, 5.74) is 16.8. The average molecular weight is 976 g/mol. The first-order valence-electron chi connectivity index (χ1n) is 25.6. The van der Waals surface area contributed by atoms with Crippen LogP contribution in [0, 0.1) is 0 Å². The summed E-state index contributed by atoms with van der Waals surface area (Å²) >= 11 is 0. The lowest BCUT2D eigenvalue weighted by Gasteiger charge is -2.43. The van der Waals surface area contributed by atoms with Gasteiger partial charge in [-0.1, -0.05) is 212 Å². The fraction of sp³-hybridized carbons (Fsp3) is 0. The molecule has 2 nitrogen and oxygen atoms in total. The third kappa shape index (κ3) is 7.51. The van der Waals surface area contributed by atoms with Crippen LogP contribution in [-0.2, 0) is 0 Å². The van der Waals surface area contributed by atoms with E-state index in [4.69, 9.17) is 4.42 Å². The zero-order chi connectivity index (χ0) is 49.7. The number of aromatic nitrogens is 1. The van der Waals surface area contributed by atoms with Crippen molar-refractivity contribution in [2.75, 3.05) is 0 Å². The van der Waals surface area contributed by atoms with E-state index in [9.17, 15) is 0 Å². The van der Waals surface area contributed by atoms with Gasteiger partial charge >= 0.3 is 0 Å². The molecule has 0 atom stereocenters. The van der Waals surface area contributed by atoms with Crippen molar-refractivity contribution in [1.82, 2.24) is 4.57 Å². The summed E-state index contributed by atoms with van der Waals surface area (Å²) in [5.74, 6) is 0. The van der Waals surface area contributed by atoms with Gasteiger partial charge in [-0.05, 0) is 129 Å². The van der Waals surface area contributed by atoms with Crippen molar-refractivity contribution in [1.29, 1.82) is 0 Å². The molecule has 3 heteroatoms. The number of hydrogen-bond donors (Lipinski definition) is 0. The van der Waals surface area contributed by atoms with Crippen molar-refractivity contribution >= 4 is 53.8 Å². The Morgan fingerprint density at radius 2 is 0.707 bits per heavy atom. The van der Waals surface area contributed by atoms with Crippen LogP contribution in [0.2, 0.25) is 0 Å². The lowest BCUT2D eigenvalue weighted by Crippen LogP contribution is -2.08. The number of furan rings is 1. The van der Waals surface area contributed by atoms with E-state index in [1.165, 1.54) is 52.6 Å². The van der Waals surface area contributed by atoms with Crippen molar-refractivity contribution in [3.8, 4) is 61.3 Å². The summed E-state index contributed by atoms with van der Waals surface area (Å²) in [4.78, 5) is 5.02. The van der Waals surface area contributed by atoms with E-state index in [0.29, 0.717) is 0 Å². The molecule has 0 amide bonds. The molecule has 0 radical (unpaired) electrons. The fourth-order valence-corrected chi connectivity index (χ4v) is 15.5. The molecule has 12 aromatic carbocycles. The van der Waals surface area contributed by atoms with Crippen LogP contribution in [-0.4, -0.2) is 4.57 Å². The highest BCUT2D eigenvalue weighted by Gasteiger charge is 2.36. The second kappa shape index (κ2) is 18.6. The predicted octanol–water partition coefficient (Wildman–Crippen LogP) is 20.4. The highest BCUT2D eigenvalue weighted by Crippen LogP contribution is 2.75. The molecule has 2 aromatic heterocycles. The molecule has 0 N–H and O–H groups in total. The average Bonchev–Trinajstić information content (AvgIpc) is 4.06. The molecule has 0 aliphatic carbocycles. The molecular weight excluding hydrogens is 927 g/mol. The van der Waals surface area contributed by atoms with Crippen LogP contribution in [0.3, 0.4) is 0 Å². The molecule has 0 saturated heterocycles. The number of para-hydroxylation sites is 2. The zero-order valence-electron chi connectivity index (χ0n) is 41.1. The van der Waals surface area contributed by atoms with E-state index in [1.54, 1.807) is 0 Å². The Kier molecular flexibility index (Phi) is 11.0. The van der Waals surface area contributed by atoms with Gasteiger partial charge in [-0.25, -0.2) is 0 Å². The molecule has 354 valence electrons. The highest BCUT2D eigenvalue weighted by atomic mass is 32.3. The molecule has 0 unspecified atom stereocenters. The zero-order valence-corrected chi connectivity index (χ0v) is 41.9. The van der Waals surface area contributed by atoms with Crippen LogP contribution >= 0.6 is 10.0 Å². The van der Waals surface area contributed by atoms with Gasteiger partial charge in [-0.2, -0.15) is 0 Å². The molecular formula is C72H49NOS. The van der Waals surface area contributed by atoms with Crippen LogP contribution < -0.4 is 0 Å². The summed E-state index contributed by atoms with van der Waals surface area (Å²) in [5, 5.41) is 4.64. The Hall–Kier alpha value is -9.41. The first kappa shape index (κ1) is 44.3. The standard InChI is InChI=1S/C72H49NOS/c1-7-24-50(25-8-1)55-44-56(51-26-9-2-10-27-51)46-59(45-55)75(57-32-15-5-16-33-57,58-34-17-6-18-35-58)60-48-64(52-28-11-3-12-29-52)72(65(49-60)53-30-13-4-14-31-53)73-67-39-21-19-36-62(67)66-47-54(42-43-68(66)73)61-38-23-41-70-71(61)63-37-20-22-40-69(63)74-70/h1-49H. The van der Waals surface area contributed by atoms with Crippen LogP contribution in [0.4, 0.5) is 0 Å². The summed E-state index contributed by atoms with van der Waals surface area (Å²) in [7, 11) is -2.29. The summed E-state index contributed by atoms with van der Waals surface area (Å²) in [6, 6.07) is 110. The predicted molar refractivity (Wildman–Crippen MR) is 315 cm³/mol. The van der Waals surface area contributed by atoms with E-state index >= 15 is 0 Å². The van der Waals surface area contributed by atoms with Gasteiger partial charge in [0.2, 0.25) is 0 Å². The Morgan fingerprint density at radius 1 is 0.253 bits per heavy atom. The van der Waals surface area contributed by atoms with Crippen molar-refractivity contribution < 1.29 is 4.42 Å². The van der Waals surface area contributed by atoms with Gasteiger partial charge in [0.15, 0.2) is 0 Å². The van der Waals surface area contributed by atoms with E-state index in [1.807, 2.05) is 6.07 Å². The molecule has 0 aliphatic rings. The molecule has 0 aliphatic heterocycles. The molecule has 0 bridgehead atoms. The molecule has 0 fully saturated rings. The van der Waals surface area contributed by atoms with Crippen LogP contribution in [0.15, 0.2) is 321 Å². The quantitative estimate of drug-likeness (QED) is 0.134. The third-order valence-corrected chi connectivity index (χ3v) is 18.7. The van der Waals surface area contributed by atoms with E-state index in [2.05, 4.69) is 296 Å². The normalized spacial score (nSPS) is 11.9. The van der Waals surface area contributed by atoms with Crippen molar-refractivity contribution in [2.24, 2.45) is 0 Å². The SMILES string of the molecule is c1ccc(-c2cc(-c3ccccc3)cc(S(c3ccccc3)(c3ccccc3)c3cc(-c4ccccc4)c(-n4c5ccccc5c5cc(-c6cccc7oc8ccccc8c67)ccc54)c(-c4ccccc4)c3)c2)cc1. The van der Waals surface area contributed by atoms with Crippen LogP contribution in [0.25, 0.3) is 105 Å². The topological polar surface area (TPSA) is 18.1 Å². The minimum absolute atomic E-state index is 0.892. The van der Waals surface area contributed by atoms with Gasteiger partial charge in [-0.3, -0.25) is 0 Å². The Labute approximate surface area is 438 Å². The number of benzene rings is 12. The molecule has 14 aromatic rings. The Balaban J connectivity index is 1.11. The maximum absolute atomic E-state index is 6.41. The number of nitrogens with zero attached hydrogens (tertiary/aromatic N) is 1. The van der Waals surface area contributed by atoms with Crippen molar-refractivity contribution in [3.05, 3.63) is 297 Å². The van der Waals surface area contributed by atoms with E-state index in [-0.39, 0.29) is 0 Å². The summed E-state index contributed by atoms with van der Waals surface area (Å²) in [6.45, 7) is 0. The van der Waals surface area contributed by atoms with E-state index in [0.717, 1.165) is 72.0 Å². The molecule has 14 rings (SSSR count). The third-order valence-electron chi connectivity index (χ3n) is 14.9. The first-order chi connectivity index (χ1) is 37.2. The van der Waals surface area contributed by atoms with Gasteiger partial charge in [0.1, 0.15) is 11.2 Å². The summed E-state index contributed by atoms with van der Waals surface area (Å²) < 4.78 is 8.96. The van der Waals surface area contributed by atoms with Crippen LogP contribution in [0.1, 0.15) is 0 Å². The Bertz CT molecular complexity index is 4220.